The van der Waals surface area contributed by atoms with Gasteiger partial charge < -0.3 is 18.9 Å². The molecule has 0 N–H and O–H groups in total. The molecule has 0 atom stereocenters. The summed E-state index contributed by atoms with van der Waals surface area (Å²) < 4.78 is 23.7. The molecule has 0 unspecified atom stereocenters. The first kappa shape index (κ1) is 43.7. The van der Waals surface area contributed by atoms with Crippen molar-refractivity contribution in [1.29, 1.82) is 0 Å². The van der Waals surface area contributed by atoms with Crippen LogP contribution in [0.25, 0.3) is 21.5 Å². The predicted octanol–water partition coefficient (Wildman–Crippen LogP) is 11.1. The number of nitrogens with zero attached hydrogens (tertiary/aromatic N) is 1. The zero-order chi connectivity index (χ0) is 42.6. The summed E-state index contributed by atoms with van der Waals surface area (Å²) in [7, 11) is 0. The zero-order valence-corrected chi connectivity index (χ0v) is 36.2. The number of carbonyl (C=O) groups excluding carboxylic acids is 4. The molecule has 9 nitrogen and oxygen atoms in total. The Bertz CT molecular complexity index is 2240. The molecule has 0 saturated heterocycles. The van der Waals surface area contributed by atoms with Crippen LogP contribution in [0, 0.1) is 11.8 Å². The lowest BCUT2D eigenvalue weighted by molar-refractivity contribution is -0.153. The van der Waals surface area contributed by atoms with Crippen LogP contribution in [0.2, 0.25) is 0 Å². The van der Waals surface area contributed by atoms with E-state index in [9.17, 15) is 19.2 Å². The van der Waals surface area contributed by atoms with Crippen molar-refractivity contribution in [3.63, 3.8) is 0 Å². The molecular formula is C51H57NO8S. The molecule has 10 heteroatoms. The van der Waals surface area contributed by atoms with Crippen LogP contribution in [0.15, 0.2) is 90.3 Å². The van der Waals surface area contributed by atoms with Crippen molar-refractivity contribution in [2.75, 3.05) is 0 Å². The van der Waals surface area contributed by atoms with Gasteiger partial charge in [-0.15, -0.1) is 11.3 Å². The van der Waals surface area contributed by atoms with Gasteiger partial charge in [0.15, 0.2) is 5.75 Å². The normalized spacial score (nSPS) is 18.9. The Kier molecular flexibility index (Phi) is 15.4. The average Bonchev–Trinajstić information content (AvgIpc) is 3.83. The smallest absolute Gasteiger partial charge is 0.314 e. The van der Waals surface area contributed by atoms with Gasteiger partial charge in [-0.2, -0.15) is 0 Å². The van der Waals surface area contributed by atoms with Crippen molar-refractivity contribution < 1.29 is 38.1 Å². The number of pyridine rings is 1. The molecule has 2 heterocycles. The number of hydrogen-bond donors (Lipinski definition) is 0. The van der Waals surface area contributed by atoms with Gasteiger partial charge in [0.1, 0.15) is 23.5 Å². The second-order valence-corrected chi connectivity index (χ2v) is 17.5. The minimum atomic E-state index is -0.357. The van der Waals surface area contributed by atoms with Crippen LogP contribution in [0.1, 0.15) is 113 Å². The monoisotopic (exact) mass is 843 g/mol. The molecule has 2 fully saturated rings. The molecule has 0 bridgehead atoms. The van der Waals surface area contributed by atoms with E-state index in [0.717, 1.165) is 47.4 Å². The summed E-state index contributed by atoms with van der Waals surface area (Å²) >= 11 is 1.55. The van der Waals surface area contributed by atoms with E-state index in [1.807, 2.05) is 29.6 Å². The van der Waals surface area contributed by atoms with Crippen LogP contribution in [-0.4, -0.2) is 41.1 Å². The molecular weight excluding hydrogens is 787 g/mol. The van der Waals surface area contributed by atoms with E-state index in [1.165, 1.54) is 11.1 Å². The van der Waals surface area contributed by atoms with Crippen molar-refractivity contribution in [2.45, 2.75) is 129 Å². The summed E-state index contributed by atoms with van der Waals surface area (Å²) in [5, 5.41) is 2.54. The fraction of sp³-hybridized carbons (Fsp3) is 0.431. The second-order valence-electron chi connectivity index (χ2n) is 16.5. The van der Waals surface area contributed by atoms with Gasteiger partial charge in [-0.1, -0.05) is 81.3 Å². The Balaban J connectivity index is 0.912. The predicted molar refractivity (Wildman–Crippen MR) is 238 cm³/mol. The maximum Gasteiger partial charge on any atom is 0.314 e. The van der Waals surface area contributed by atoms with Gasteiger partial charge in [0.2, 0.25) is 0 Å². The van der Waals surface area contributed by atoms with Crippen LogP contribution < -0.4 is 9.47 Å². The lowest BCUT2D eigenvalue weighted by Crippen LogP contribution is -2.30. The van der Waals surface area contributed by atoms with Crippen molar-refractivity contribution in [2.24, 2.45) is 11.8 Å². The number of thiophene rings is 1. The number of ether oxygens (including phenoxy) is 4. The zero-order valence-electron chi connectivity index (χ0n) is 35.4. The molecule has 320 valence electrons. The highest BCUT2D eigenvalue weighted by Crippen LogP contribution is 2.38. The van der Waals surface area contributed by atoms with E-state index in [1.54, 1.807) is 23.5 Å². The Morgan fingerprint density at radius 3 is 1.48 bits per heavy atom. The van der Waals surface area contributed by atoms with Crippen LogP contribution >= 0.6 is 11.3 Å². The molecule has 7 rings (SSSR count). The van der Waals surface area contributed by atoms with Gasteiger partial charge in [0.05, 0.1) is 22.4 Å². The first-order valence-electron chi connectivity index (χ1n) is 22.2. The standard InChI is InChI=1S/C51H57NO8S/c1-3-6-34-9-13-36(14-10-34)17-31-47(53)57-40-23-19-38(20-24-40)50(55)59-44-29-30-45(49-42(44)27-28-43(52-49)46-8-5-33-61-46)60-51(56)39-21-25-41(26-22-39)58-48(54)32-18-37-15-11-35(7-4-2)12-16-37/h5,8-16,27-30,33,38-41H,3-4,6-7,17-26,31-32H2,1-2H3/t38-,39-,40-,41-. The van der Waals surface area contributed by atoms with Gasteiger partial charge in [-0.25, -0.2) is 4.98 Å². The maximum atomic E-state index is 13.6. The molecule has 5 aromatic rings. The molecule has 0 spiro atoms. The van der Waals surface area contributed by atoms with E-state index in [2.05, 4.69) is 62.4 Å². The number of carbonyl (C=O) groups is 4. The molecule has 61 heavy (non-hydrogen) atoms. The average molecular weight is 844 g/mol. The van der Waals surface area contributed by atoms with Crippen LogP contribution in [0.4, 0.5) is 0 Å². The van der Waals surface area contributed by atoms with Gasteiger partial charge >= 0.3 is 23.9 Å². The van der Waals surface area contributed by atoms with E-state index in [-0.39, 0.29) is 47.9 Å². The van der Waals surface area contributed by atoms with Crippen molar-refractivity contribution in [3.05, 3.63) is 113 Å². The minimum Gasteiger partial charge on any atom is -0.462 e. The number of rotatable bonds is 17. The Morgan fingerprint density at radius 1 is 0.557 bits per heavy atom. The number of benzene rings is 3. The fourth-order valence-corrected chi connectivity index (χ4v) is 9.12. The van der Waals surface area contributed by atoms with Gasteiger partial charge in [-0.3, -0.25) is 19.2 Å². The first-order valence-corrected chi connectivity index (χ1v) is 23.1. The topological polar surface area (TPSA) is 118 Å². The number of aromatic nitrogens is 1. The van der Waals surface area contributed by atoms with Crippen LogP contribution in [-0.2, 0) is 54.3 Å². The minimum absolute atomic E-state index is 0.214. The summed E-state index contributed by atoms with van der Waals surface area (Å²) in [5.74, 6) is -1.17. The highest BCUT2D eigenvalue weighted by molar-refractivity contribution is 7.13. The summed E-state index contributed by atoms with van der Waals surface area (Å²) in [6.07, 6.45) is 10.4. The van der Waals surface area contributed by atoms with Crippen molar-refractivity contribution >= 4 is 46.1 Å². The van der Waals surface area contributed by atoms with Crippen molar-refractivity contribution in [3.8, 4) is 22.1 Å². The van der Waals surface area contributed by atoms with Crippen molar-refractivity contribution in [1.82, 2.24) is 4.98 Å². The van der Waals surface area contributed by atoms with E-state index >= 15 is 0 Å². The second kappa shape index (κ2) is 21.4. The summed E-state index contributed by atoms with van der Waals surface area (Å²) in [5.41, 5.74) is 5.99. The third-order valence-electron chi connectivity index (χ3n) is 11.9. The maximum absolute atomic E-state index is 13.6. The third kappa shape index (κ3) is 12.2. The quantitative estimate of drug-likeness (QED) is 0.0666. The Hall–Kier alpha value is -5.35. The number of hydrogen-bond acceptors (Lipinski definition) is 10. The molecule has 0 amide bonds. The highest BCUT2D eigenvalue weighted by Gasteiger charge is 2.32. The third-order valence-corrected chi connectivity index (χ3v) is 12.8. The fourth-order valence-electron chi connectivity index (χ4n) is 8.42. The SMILES string of the molecule is CCCc1ccc(CCC(=O)O[C@H]2CC[C@H](C(=O)Oc3ccc(OC(=O)[C@H]4CC[C@H](OC(=O)CCc5ccc(CCC)cc5)CC4)c4nc(-c5cccs5)ccc34)CC2)cc1. The molecule has 0 radical (unpaired) electrons. The first-order chi connectivity index (χ1) is 29.7. The van der Waals surface area contributed by atoms with E-state index < -0.39 is 0 Å². The van der Waals surface area contributed by atoms with Gasteiger partial charge in [0, 0.05) is 18.2 Å². The Morgan fingerprint density at radius 2 is 1.02 bits per heavy atom. The lowest BCUT2D eigenvalue weighted by atomic mass is 9.87. The Labute approximate surface area is 363 Å². The summed E-state index contributed by atoms with van der Waals surface area (Å²) in [6.45, 7) is 4.32. The van der Waals surface area contributed by atoms with Crippen LogP contribution in [0.3, 0.4) is 0 Å². The van der Waals surface area contributed by atoms with Gasteiger partial charge in [-0.05, 0) is 135 Å². The van der Waals surface area contributed by atoms with E-state index in [4.69, 9.17) is 23.9 Å². The van der Waals surface area contributed by atoms with Gasteiger partial charge in [0.25, 0.3) is 0 Å². The largest absolute Gasteiger partial charge is 0.462 e. The molecule has 2 saturated carbocycles. The number of fused-ring (bicyclic) bond motifs is 1. The number of esters is 4. The van der Waals surface area contributed by atoms with E-state index in [0.29, 0.717) is 99.5 Å². The highest BCUT2D eigenvalue weighted by atomic mass is 32.1. The molecule has 2 aliphatic carbocycles. The summed E-state index contributed by atoms with van der Waals surface area (Å²) in [4.78, 5) is 58.4. The molecule has 0 aliphatic heterocycles. The molecule has 2 aliphatic rings. The number of aryl methyl sites for hydroxylation is 4. The van der Waals surface area contributed by atoms with Crippen LogP contribution in [0.5, 0.6) is 11.5 Å². The lowest BCUT2D eigenvalue weighted by Gasteiger charge is -2.27. The molecule has 3 aromatic carbocycles. The summed E-state index contributed by atoms with van der Waals surface area (Å²) in [6, 6.07) is 27.8. The molecule has 2 aromatic heterocycles.